The van der Waals surface area contributed by atoms with Gasteiger partial charge in [0.1, 0.15) is 6.04 Å². The van der Waals surface area contributed by atoms with Crippen molar-refractivity contribution in [3.63, 3.8) is 0 Å². The van der Waals surface area contributed by atoms with Gasteiger partial charge in [0.05, 0.1) is 6.04 Å². The van der Waals surface area contributed by atoms with Crippen LogP contribution < -0.4 is 11.1 Å². The number of nitrogens with two attached hydrogens (primary N) is 1. The average Bonchev–Trinajstić information content (AvgIpc) is 2.11. The highest BCUT2D eigenvalue weighted by molar-refractivity contribution is 7.80. The fourth-order valence-electron chi connectivity index (χ4n) is 0.857. The number of hydrogen-bond acceptors (Lipinski definition) is 4. The molecule has 0 aliphatic carbocycles. The minimum Gasteiger partial charge on any atom is -0.480 e. The fourth-order valence-corrected chi connectivity index (χ4v) is 1.02. The van der Waals surface area contributed by atoms with Gasteiger partial charge in [-0.15, -0.1) is 0 Å². The Morgan fingerprint density at radius 3 is 2.29 bits per heavy atom. The summed E-state index contributed by atoms with van der Waals surface area (Å²) in [6, 6.07) is -1.66. The number of hydrogen-bond donors (Lipinski definition) is 4. The van der Waals surface area contributed by atoms with Crippen LogP contribution in [-0.2, 0) is 9.59 Å². The van der Waals surface area contributed by atoms with Gasteiger partial charge in [-0.1, -0.05) is 13.8 Å². The average molecular weight is 220 g/mol. The minimum atomic E-state index is -1.06. The molecule has 0 spiro atoms. The molecular formula is C8H16N2O3S. The van der Waals surface area contributed by atoms with E-state index in [0.29, 0.717) is 0 Å². The van der Waals surface area contributed by atoms with Crippen molar-refractivity contribution >= 4 is 24.5 Å². The molecule has 14 heavy (non-hydrogen) atoms. The number of carbonyl (C=O) groups excluding carboxylic acids is 1. The maximum Gasteiger partial charge on any atom is 0.326 e. The van der Waals surface area contributed by atoms with Crippen molar-refractivity contribution in [3.8, 4) is 0 Å². The second-order valence-electron chi connectivity index (χ2n) is 3.36. The predicted molar refractivity (Wildman–Crippen MR) is 56.2 cm³/mol. The van der Waals surface area contributed by atoms with E-state index in [-0.39, 0.29) is 11.7 Å². The lowest BCUT2D eigenvalue weighted by Gasteiger charge is -2.19. The Hall–Kier alpha value is -0.750. The predicted octanol–water partition coefficient (Wildman–Crippen LogP) is -0.531. The quantitative estimate of drug-likeness (QED) is 0.469. The summed E-state index contributed by atoms with van der Waals surface area (Å²) in [4.78, 5) is 22.0. The summed E-state index contributed by atoms with van der Waals surface area (Å²) in [5.41, 5.74) is 5.38. The Labute approximate surface area is 88.5 Å². The van der Waals surface area contributed by atoms with Crippen LogP contribution >= 0.6 is 12.6 Å². The maximum atomic E-state index is 11.2. The Bertz CT molecular complexity index is 221. The number of aliphatic carboxylic acids is 1. The Morgan fingerprint density at radius 1 is 1.50 bits per heavy atom. The summed E-state index contributed by atoms with van der Waals surface area (Å²) in [5, 5.41) is 11.1. The molecule has 0 saturated heterocycles. The maximum absolute atomic E-state index is 11.2. The van der Waals surface area contributed by atoms with Crippen molar-refractivity contribution in [2.75, 3.05) is 5.75 Å². The minimum absolute atomic E-state index is 0.177. The first kappa shape index (κ1) is 13.2. The molecule has 4 N–H and O–H groups in total. The summed E-state index contributed by atoms with van der Waals surface area (Å²) in [5.74, 6) is -1.53. The molecule has 1 amide bonds. The molecule has 0 rings (SSSR count). The molecular weight excluding hydrogens is 204 g/mol. The second kappa shape index (κ2) is 5.87. The number of rotatable bonds is 5. The smallest absolute Gasteiger partial charge is 0.326 e. The molecule has 0 saturated carbocycles. The van der Waals surface area contributed by atoms with E-state index in [0.717, 1.165) is 0 Å². The van der Waals surface area contributed by atoms with Crippen LogP contribution in [0.25, 0.3) is 0 Å². The van der Waals surface area contributed by atoms with Gasteiger partial charge in [-0.05, 0) is 5.92 Å². The van der Waals surface area contributed by atoms with Gasteiger partial charge in [0.2, 0.25) is 5.91 Å². The highest BCUT2D eigenvalue weighted by Gasteiger charge is 2.25. The van der Waals surface area contributed by atoms with Crippen LogP contribution in [0.4, 0.5) is 0 Å². The van der Waals surface area contributed by atoms with E-state index in [1.807, 2.05) is 0 Å². The molecule has 0 aliphatic heterocycles. The van der Waals surface area contributed by atoms with Crippen molar-refractivity contribution in [1.29, 1.82) is 0 Å². The third kappa shape index (κ3) is 3.97. The van der Waals surface area contributed by atoms with Gasteiger partial charge in [-0.3, -0.25) is 4.79 Å². The highest BCUT2D eigenvalue weighted by Crippen LogP contribution is 2.01. The number of carboxylic acids is 1. The summed E-state index contributed by atoms with van der Waals surface area (Å²) >= 11 is 3.85. The highest BCUT2D eigenvalue weighted by atomic mass is 32.1. The monoisotopic (exact) mass is 220 g/mol. The van der Waals surface area contributed by atoms with Crippen LogP contribution in [0.3, 0.4) is 0 Å². The summed E-state index contributed by atoms with van der Waals surface area (Å²) < 4.78 is 0. The molecule has 0 heterocycles. The van der Waals surface area contributed by atoms with E-state index < -0.39 is 24.0 Å². The van der Waals surface area contributed by atoms with E-state index in [1.165, 1.54) is 0 Å². The molecule has 0 fully saturated rings. The van der Waals surface area contributed by atoms with E-state index >= 15 is 0 Å². The van der Waals surface area contributed by atoms with Gasteiger partial charge in [-0.25, -0.2) is 4.79 Å². The van der Waals surface area contributed by atoms with E-state index in [2.05, 4.69) is 17.9 Å². The lowest BCUT2D eigenvalue weighted by molar-refractivity contribution is -0.143. The normalized spacial score (nSPS) is 14.9. The third-order valence-corrected chi connectivity index (χ3v) is 2.16. The summed E-state index contributed by atoms with van der Waals surface area (Å²) in [6.07, 6.45) is 0. The summed E-state index contributed by atoms with van der Waals surface area (Å²) in [7, 11) is 0. The van der Waals surface area contributed by atoms with Crippen molar-refractivity contribution in [2.45, 2.75) is 25.9 Å². The van der Waals surface area contributed by atoms with E-state index in [1.54, 1.807) is 13.8 Å². The molecule has 0 aromatic carbocycles. The van der Waals surface area contributed by atoms with Crippen LogP contribution in [0.2, 0.25) is 0 Å². The molecule has 0 aromatic heterocycles. The number of carbonyl (C=O) groups is 2. The largest absolute Gasteiger partial charge is 0.480 e. The Morgan fingerprint density at radius 2 is 2.00 bits per heavy atom. The molecule has 2 unspecified atom stereocenters. The second-order valence-corrected chi connectivity index (χ2v) is 3.72. The molecule has 0 radical (unpaired) electrons. The van der Waals surface area contributed by atoms with Crippen molar-refractivity contribution < 1.29 is 14.7 Å². The fraction of sp³-hybridized carbons (Fsp3) is 0.750. The van der Waals surface area contributed by atoms with Gasteiger partial charge >= 0.3 is 5.97 Å². The first-order valence-electron chi connectivity index (χ1n) is 4.29. The zero-order chi connectivity index (χ0) is 11.3. The van der Waals surface area contributed by atoms with Crippen molar-refractivity contribution in [3.05, 3.63) is 0 Å². The number of carboxylic acid groups (broad SMARTS) is 1. The standard InChI is InChI=1S/C8H16N2O3S/c1-4(2)6(8(12)13)10-7(11)5(9)3-14/h4-6,14H,3,9H2,1-2H3,(H,10,11)(H,12,13). The lowest BCUT2D eigenvalue weighted by atomic mass is 10.0. The van der Waals surface area contributed by atoms with Gasteiger partial charge in [0.15, 0.2) is 0 Å². The van der Waals surface area contributed by atoms with Gasteiger partial charge in [-0.2, -0.15) is 12.6 Å². The molecule has 5 nitrogen and oxygen atoms in total. The van der Waals surface area contributed by atoms with Crippen molar-refractivity contribution in [2.24, 2.45) is 11.7 Å². The third-order valence-electron chi connectivity index (χ3n) is 1.76. The Kier molecular flexibility index (Phi) is 5.56. The molecule has 6 heteroatoms. The lowest BCUT2D eigenvalue weighted by Crippen LogP contribution is -2.51. The van der Waals surface area contributed by atoms with E-state index in [9.17, 15) is 9.59 Å². The number of amides is 1. The van der Waals surface area contributed by atoms with Crippen LogP contribution in [0.15, 0.2) is 0 Å². The van der Waals surface area contributed by atoms with Gasteiger partial charge in [0, 0.05) is 5.75 Å². The zero-order valence-electron chi connectivity index (χ0n) is 8.23. The molecule has 0 bridgehead atoms. The molecule has 2 atom stereocenters. The Balaban J connectivity index is 4.31. The van der Waals surface area contributed by atoms with Gasteiger partial charge < -0.3 is 16.2 Å². The van der Waals surface area contributed by atoms with E-state index in [4.69, 9.17) is 10.8 Å². The molecule has 0 aliphatic rings. The van der Waals surface area contributed by atoms with Crippen molar-refractivity contribution in [1.82, 2.24) is 5.32 Å². The van der Waals surface area contributed by atoms with Crippen LogP contribution in [-0.4, -0.2) is 34.8 Å². The number of thiol groups is 1. The van der Waals surface area contributed by atoms with Crippen LogP contribution in [0.5, 0.6) is 0 Å². The molecule has 82 valence electrons. The first-order chi connectivity index (χ1) is 6.40. The summed E-state index contributed by atoms with van der Waals surface area (Å²) in [6.45, 7) is 3.43. The van der Waals surface area contributed by atoms with Crippen LogP contribution in [0.1, 0.15) is 13.8 Å². The first-order valence-corrected chi connectivity index (χ1v) is 4.93. The topological polar surface area (TPSA) is 92.4 Å². The van der Waals surface area contributed by atoms with Gasteiger partial charge in [0.25, 0.3) is 0 Å². The zero-order valence-corrected chi connectivity index (χ0v) is 9.12. The molecule has 0 aromatic rings. The SMILES string of the molecule is CC(C)C(NC(=O)C(N)CS)C(=O)O. The van der Waals surface area contributed by atoms with Crippen LogP contribution in [0, 0.1) is 5.92 Å². The number of nitrogens with one attached hydrogen (secondary N) is 1.